The molecule has 1 amide bonds. The molecule has 0 bridgehead atoms. The molecule has 0 radical (unpaired) electrons. The highest BCUT2D eigenvalue weighted by Gasteiger charge is 2.29. The maximum Gasteiger partial charge on any atom is 0.244 e. The van der Waals surface area contributed by atoms with Gasteiger partial charge in [-0.1, -0.05) is 0 Å². The predicted octanol–water partition coefficient (Wildman–Crippen LogP) is 0.103. The van der Waals surface area contributed by atoms with Crippen molar-refractivity contribution in [2.75, 3.05) is 25.4 Å². The molecule has 1 saturated heterocycles. The second kappa shape index (κ2) is 4.37. The van der Waals surface area contributed by atoms with Crippen molar-refractivity contribution >= 4 is 11.7 Å². The van der Waals surface area contributed by atoms with Crippen LogP contribution in [0.25, 0.3) is 0 Å². The SMILES string of the molecule is CC1(C)CN(C(=O)Cn2ccc(N)n2)CCO1. The number of anilines is 1. The number of hydrogen-bond donors (Lipinski definition) is 1. The third-order valence-corrected chi connectivity index (χ3v) is 2.74. The zero-order valence-corrected chi connectivity index (χ0v) is 10.2. The van der Waals surface area contributed by atoms with Crippen molar-refractivity contribution in [3.63, 3.8) is 0 Å². The minimum atomic E-state index is -0.267. The third kappa shape index (κ3) is 2.97. The van der Waals surface area contributed by atoms with Crippen molar-refractivity contribution in [1.29, 1.82) is 0 Å². The van der Waals surface area contributed by atoms with Crippen LogP contribution in [0.3, 0.4) is 0 Å². The number of ether oxygens (including phenoxy) is 1. The molecule has 17 heavy (non-hydrogen) atoms. The summed E-state index contributed by atoms with van der Waals surface area (Å²) in [6, 6.07) is 1.68. The van der Waals surface area contributed by atoms with E-state index >= 15 is 0 Å². The van der Waals surface area contributed by atoms with Gasteiger partial charge in [-0.15, -0.1) is 0 Å². The van der Waals surface area contributed by atoms with E-state index in [0.717, 1.165) is 0 Å². The van der Waals surface area contributed by atoms with Crippen LogP contribution in [-0.4, -0.2) is 45.9 Å². The fourth-order valence-corrected chi connectivity index (χ4v) is 1.93. The monoisotopic (exact) mass is 238 g/mol. The quantitative estimate of drug-likeness (QED) is 0.793. The highest BCUT2D eigenvalue weighted by Crippen LogP contribution is 2.16. The van der Waals surface area contributed by atoms with Crippen molar-refractivity contribution in [2.45, 2.75) is 26.0 Å². The van der Waals surface area contributed by atoms with Crippen LogP contribution >= 0.6 is 0 Å². The molecule has 0 spiro atoms. The average molecular weight is 238 g/mol. The first-order chi connectivity index (χ1) is 7.96. The van der Waals surface area contributed by atoms with E-state index in [2.05, 4.69) is 5.10 Å². The number of nitrogen functional groups attached to an aromatic ring is 1. The number of nitrogens with zero attached hydrogens (tertiary/aromatic N) is 3. The van der Waals surface area contributed by atoms with Crippen LogP contribution in [0.4, 0.5) is 5.82 Å². The van der Waals surface area contributed by atoms with Crippen LogP contribution in [0.5, 0.6) is 0 Å². The lowest BCUT2D eigenvalue weighted by Gasteiger charge is -2.38. The zero-order chi connectivity index (χ0) is 12.5. The smallest absolute Gasteiger partial charge is 0.244 e. The summed E-state index contributed by atoms with van der Waals surface area (Å²) in [4.78, 5) is 13.8. The Balaban J connectivity index is 1.96. The zero-order valence-electron chi connectivity index (χ0n) is 10.2. The molecule has 2 N–H and O–H groups in total. The molecule has 6 heteroatoms. The van der Waals surface area contributed by atoms with Gasteiger partial charge in [-0.25, -0.2) is 0 Å². The van der Waals surface area contributed by atoms with Crippen LogP contribution in [-0.2, 0) is 16.1 Å². The fourth-order valence-electron chi connectivity index (χ4n) is 1.93. The lowest BCUT2D eigenvalue weighted by atomic mass is 10.1. The minimum absolute atomic E-state index is 0.0458. The Morgan fingerprint density at radius 1 is 1.65 bits per heavy atom. The van der Waals surface area contributed by atoms with Gasteiger partial charge in [0.05, 0.1) is 12.2 Å². The van der Waals surface area contributed by atoms with Gasteiger partial charge in [-0.3, -0.25) is 9.48 Å². The van der Waals surface area contributed by atoms with Crippen LogP contribution in [0.1, 0.15) is 13.8 Å². The van der Waals surface area contributed by atoms with E-state index in [-0.39, 0.29) is 18.1 Å². The first kappa shape index (κ1) is 11.9. The number of carbonyl (C=O) groups excluding carboxylic acids is 1. The summed E-state index contributed by atoms with van der Waals surface area (Å²) in [6.07, 6.45) is 1.71. The number of amides is 1. The molecule has 94 valence electrons. The van der Waals surface area contributed by atoms with Crippen molar-refractivity contribution in [2.24, 2.45) is 0 Å². The molecule has 6 nitrogen and oxygen atoms in total. The van der Waals surface area contributed by atoms with Gasteiger partial charge in [0.25, 0.3) is 0 Å². The second-order valence-electron chi connectivity index (χ2n) is 4.86. The fraction of sp³-hybridized carbons (Fsp3) is 0.636. The largest absolute Gasteiger partial charge is 0.382 e. The Kier molecular flexibility index (Phi) is 3.06. The summed E-state index contributed by atoms with van der Waals surface area (Å²) in [5.41, 5.74) is 5.23. The Bertz CT molecular complexity index is 413. The Labute approximate surface area is 100 Å². The standard InChI is InChI=1S/C11H18N4O2/c1-11(2)8-14(5-6-17-11)10(16)7-15-4-3-9(12)13-15/h3-4H,5-8H2,1-2H3,(H2,12,13). The molecular formula is C11H18N4O2. The van der Waals surface area contributed by atoms with Gasteiger partial charge in [0.1, 0.15) is 12.4 Å². The van der Waals surface area contributed by atoms with E-state index < -0.39 is 0 Å². The van der Waals surface area contributed by atoms with E-state index in [4.69, 9.17) is 10.5 Å². The molecule has 0 atom stereocenters. The first-order valence-corrected chi connectivity index (χ1v) is 5.67. The van der Waals surface area contributed by atoms with E-state index in [0.29, 0.717) is 25.5 Å². The van der Waals surface area contributed by atoms with Gasteiger partial charge >= 0.3 is 0 Å². The maximum atomic E-state index is 12.0. The van der Waals surface area contributed by atoms with E-state index in [1.165, 1.54) is 0 Å². The predicted molar refractivity (Wildman–Crippen MR) is 63.3 cm³/mol. The molecule has 2 heterocycles. The topological polar surface area (TPSA) is 73.4 Å². The number of carbonyl (C=O) groups is 1. The highest BCUT2D eigenvalue weighted by molar-refractivity contribution is 5.76. The van der Waals surface area contributed by atoms with Crippen molar-refractivity contribution in [1.82, 2.24) is 14.7 Å². The van der Waals surface area contributed by atoms with E-state index in [1.54, 1.807) is 21.8 Å². The van der Waals surface area contributed by atoms with Gasteiger partial charge in [0.15, 0.2) is 0 Å². The Morgan fingerprint density at radius 2 is 2.41 bits per heavy atom. The molecule has 1 aromatic rings. The van der Waals surface area contributed by atoms with Gasteiger partial charge < -0.3 is 15.4 Å². The summed E-state index contributed by atoms with van der Waals surface area (Å²) < 4.78 is 7.12. The number of hydrogen-bond acceptors (Lipinski definition) is 4. The van der Waals surface area contributed by atoms with Crippen molar-refractivity contribution in [3.05, 3.63) is 12.3 Å². The molecule has 0 aliphatic carbocycles. The van der Waals surface area contributed by atoms with Gasteiger partial charge in [0, 0.05) is 19.3 Å². The number of morpholine rings is 1. The number of rotatable bonds is 2. The Hall–Kier alpha value is -1.56. The molecule has 1 aromatic heterocycles. The van der Waals surface area contributed by atoms with E-state index in [1.807, 2.05) is 13.8 Å². The lowest BCUT2D eigenvalue weighted by Crippen LogP contribution is -2.51. The lowest BCUT2D eigenvalue weighted by molar-refractivity contribution is -0.146. The minimum Gasteiger partial charge on any atom is -0.382 e. The average Bonchev–Trinajstić information content (AvgIpc) is 2.62. The molecule has 0 saturated carbocycles. The summed E-state index contributed by atoms with van der Waals surface area (Å²) in [5, 5.41) is 4.00. The molecule has 0 aromatic carbocycles. The normalized spacial score (nSPS) is 19.3. The van der Waals surface area contributed by atoms with E-state index in [9.17, 15) is 4.79 Å². The number of nitrogens with two attached hydrogens (primary N) is 1. The highest BCUT2D eigenvalue weighted by atomic mass is 16.5. The Morgan fingerprint density at radius 3 is 3.00 bits per heavy atom. The second-order valence-corrected chi connectivity index (χ2v) is 4.86. The molecule has 1 fully saturated rings. The summed E-state index contributed by atoms with van der Waals surface area (Å²) in [6.45, 7) is 6.03. The molecule has 1 aliphatic rings. The summed E-state index contributed by atoms with van der Waals surface area (Å²) >= 11 is 0. The molecule has 2 rings (SSSR count). The van der Waals surface area contributed by atoms with Gasteiger partial charge in [-0.2, -0.15) is 5.10 Å². The molecule has 1 aliphatic heterocycles. The maximum absolute atomic E-state index is 12.0. The van der Waals surface area contributed by atoms with Gasteiger partial charge in [-0.05, 0) is 19.9 Å². The number of aromatic nitrogens is 2. The molecular weight excluding hydrogens is 220 g/mol. The van der Waals surface area contributed by atoms with Crippen LogP contribution in [0.2, 0.25) is 0 Å². The van der Waals surface area contributed by atoms with Crippen LogP contribution in [0.15, 0.2) is 12.3 Å². The summed E-state index contributed by atoms with van der Waals surface area (Å²) in [7, 11) is 0. The van der Waals surface area contributed by atoms with Crippen LogP contribution in [0, 0.1) is 0 Å². The van der Waals surface area contributed by atoms with Crippen molar-refractivity contribution in [3.8, 4) is 0 Å². The van der Waals surface area contributed by atoms with Crippen molar-refractivity contribution < 1.29 is 9.53 Å². The summed E-state index contributed by atoms with van der Waals surface area (Å²) in [5.74, 6) is 0.476. The van der Waals surface area contributed by atoms with Crippen LogP contribution < -0.4 is 5.73 Å². The first-order valence-electron chi connectivity index (χ1n) is 5.67. The molecule has 0 unspecified atom stereocenters. The van der Waals surface area contributed by atoms with Gasteiger partial charge in [0.2, 0.25) is 5.91 Å². The third-order valence-electron chi connectivity index (χ3n) is 2.74.